The number of fused-ring (bicyclic) bond motifs is 1. The van der Waals surface area contributed by atoms with Crippen molar-refractivity contribution >= 4 is 50.6 Å². The molecule has 1 heterocycles. The lowest BCUT2D eigenvalue weighted by molar-refractivity contribution is -0.307. The van der Waals surface area contributed by atoms with E-state index in [0.29, 0.717) is 10.9 Å². The van der Waals surface area contributed by atoms with Crippen LogP contribution in [0.1, 0.15) is 36.5 Å². The van der Waals surface area contributed by atoms with E-state index < -0.39 is 12.6 Å². The molecule has 0 unspecified atom stereocenters. The maximum atomic E-state index is 10.5. The molecule has 3 rings (SSSR count). The fraction of sp³-hybridized carbons (Fsp3) is 0.400. The smallest absolute Gasteiger partial charge is 0.140 e. The third-order valence-electron chi connectivity index (χ3n) is 3.78. The number of carboxylic acids is 1. The van der Waals surface area contributed by atoms with Crippen molar-refractivity contribution in [2.75, 3.05) is 6.61 Å². The number of thiophene rings is 1. The summed E-state index contributed by atoms with van der Waals surface area (Å²) in [4.78, 5) is 11.8. The van der Waals surface area contributed by atoms with Crippen molar-refractivity contribution < 1.29 is 14.6 Å². The summed E-state index contributed by atoms with van der Waals surface area (Å²) in [5.74, 6) is -0.404. The Hall–Kier alpha value is -0.970. The van der Waals surface area contributed by atoms with Gasteiger partial charge in [0.15, 0.2) is 0 Å². The van der Waals surface area contributed by atoms with Crippen molar-refractivity contribution in [2.45, 2.75) is 31.6 Å². The molecule has 1 fully saturated rings. The van der Waals surface area contributed by atoms with Crippen LogP contribution in [-0.4, -0.2) is 12.6 Å². The topological polar surface area (TPSA) is 49.4 Å². The first kappa shape index (κ1) is 14.9. The van der Waals surface area contributed by atoms with Crippen LogP contribution < -0.4 is 9.84 Å². The fourth-order valence-corrected chi connectivity index (χ4v) is 4.60. The van der Waals surface area contributed by atoms with Gasteiger partial charge in [0, 0.05) is 4.88 Å². The highest BCUT2D eigenvalue weighted by Crippen LogP contribution is 2.46. The molecule has 0 bridgehead atoms. The number of carbonyl (C=O) groups is 1. The lowest BCUT2D eigenvalue weighted by Crippen LogP contribution is -2.29. The lowest BCUT2D eigenvalue weighted by atomic mass is 10.1. The molecule has 0 saturated heterocycles. The van der Waals surface area contributed by atoms with E-state index in [1.54, 1.807) is 17.4 Å². The SMILES string of the molecule is O=C([O-])COc1cc2cc(C3CCCC3)sc2c(Cl)c1Cl. The van der Waals surface area contributed by atoms with Crippen LogP contribution in [0.3, 0.4) is 0 Å². The van der Waals surface area contributed by atoms with E-state index in [2.05, 4.69) is 6.07 Å². The summed E-state index contributed by atoms with van der Waals surface area (Å²) in [5, 5.41) is 12.1. The monoisotopic (exact) mass is 343 g/mol. The quantitative estimate of drug-likeness (QED) is 0.843. The molecule has 0 aliphatic heterocycles. The van der Waals surface area contributed by atoms with Crippen LogP contribution in [0.2, 0.25) is 10.0 Å². The van der Waals surface area contributed by atoms with Gasteiger partial charge in [0.1, 0.15) is 17.4 Å². The van der Waals surface area contributed by atoms with Gasteiger partial charge in [0.05, 0.1) is 15.7 Å². The maximum absolute atomic E-state index is 10.5. The fourth-order valence-electron chi connectivity index (χ4n) is 2.77. The van der Waals surface area contributed by atoms with Crippen LogP contribution in [0.5, 0.6) is 5.75 Å². The van der Waals surface area contributed by atoms with Crippen molar-refractivity contribution in [1.82, 2.24) is 0 Å². The molecule has 1 aromatic carbocycles. The predicted octanol–water partition coefficient (Wildman–Crippen LogP) is 3.99. The first-order valence-electron chi connectivity index (χ1n) is 6.80. The van der Waals surface area contributed by atoms with Gasteiger partial charge in [-0.15, -0.1) is 11.3 Å². The summed E-state index contributed by atoms with van der Waals surface area (Å²) in [7, 11) is 0. The molecule has 1 saturated carbocycles. The number of carbonyl (C=O) groups excluding carboxylic acids is 1. The number of aliphatic carboxylic acids is 1. The molecule has 2 aromatic rings. The second-order valence-electron chi connectivity index (χ2n) is 5.21. The Labute approximate surface area is 136 Å². The van der Waals surface area contributed by atoms with E-state index in [9.17, 15) is 9.90 Å². The minimum atomic E-state index is -1.29. The van der Waals surface area contributed by atoms with Crippen LogP contribution in [0.4, 0.5) is 0 Å². The normalized spacial score (nSPS) is 15.7. The Morgan fingerprint density at radius 2 is 2.00 bits per heavy atom. The molecule has 0 amide bonds. The van der Waals surface area contributed by atoms with Gasteiger partial charge < -0.3 is 14.6 Å². The van der Waals surface area contributed by atoms with Crippen LogP contribution in [0.25, 0.3) is 10.1 Å². The van der Waals surface area contributed by atoms with E-state index >= 15 is 0 Å². The third kappa shape index (κ3) is 2.98. The molecule has 0 radical (unpaired) electrons. The second-order valence-corrected chi connectivity index (χ2v) is 7.05. The molecular formula is C15H13Cl2O3S-. The zero-order chi connectivity index (χ0) is 15.0. The van der Waals surface area contributed by atoms with E-state index in [1.165, 1.54) is 30.6 Å². The number of halogens is 2. The number of rotatable bonds is 4. The van der Waals surface area contributed by atoms with E-state index in [4.69, 9.17) is 27.9 Å². The highest BCUT2D eigenvalue weighted by atomic mass is 35.5. The minimum Gasteiger partial charge on any atom is -0.546 e. The summed E-state index contributed by atoms with van der Waals surface area (Å²) >= 11 is 14.1. The van der Waals surface area contributed by atoms with Crippen LogP contribution in [0.15, 0.2) is 12.1 Å². The summed E-state index contributed by atoms with van der Waals surface area (Å²) in [5.41, 5.74) is 0. The largest absolute Gasteiger partial charge is 0.546 e. The number of ether oxygens (including phenoxy) is 1. The number of benzene rings is 1. The van der Waals surface area contributed by atoms with Crippen molar-refractivity contribution in [3.63, 3.8) is 0 Å². The molecule has 1 aliphatic carbocycles. The highest BCUT2D eigenvalue weighted by Gasteiger charge is 2.21. The zero-order valence-electron chi connectivity index (χ0n) is 11.2. The molecule has 1 aliphatic rings. The van der Waals surface area contributed by atoms with Crippen molar-refractivity contribution in [1.29, 1.82) is 0 Å². The number of hydrogen-bond acceptors (Lipinski definition) is 4. The van der Waals surface area contributed by atoms with E-state index in [0.717, 1.165) is 10.1 Å². The summed E-state index contributed by atoms with van der Waals surface area (Å²) in [6.07, 6.45) is 4.97. The standard InChI is InChI=1S/C15H14Cl2O3S/c16-13-10(20-7-12(18)19)5-9-6-11(8-3-1-2-4-8)21-15(9)14(13)17/h5-6,8H,1-4,7H2,(H,18,19)/p-1. The second kappa shape index (κ2) is 6.03. The van der Waals surface area contributed by atoms with Crippen molar-refractivity contribution in [3.05, 3.63) is 27.1 Å². The van der Waals surface area contributed by atoms with E-state index in [1.807, 2.05) is 0 Å². The molecule has 0 N–H and O–H groups in total. The first-order valence-corrected chi connectivity index (χ1v) is 8.37. The molecule has 21 heavy (non-hydrogen) atoms. The number of hydrogen-bond donors (Lipinski definition) is 0. The average molecular weight is 344 g/mol. The van der Waals surface area contributed by atoms with Gasteiger partial charge in [-0.3, -0.25) is 0 Å². The van der Waals surface area contributed by atoms with Gasteiger partial charge in [0.2, 0.25) is 0 Å². The van der Waals surface area contributed by atoms with Crippen molar-refractivity contribution in [3.8, 4) is 5.75 Å². The zero-order valence-corrected chi connectivity index (χ0v) is 13.5. The maximum Gasteiger partial charge on any atom is 0.140 e. The van der Waals surface area contributed by atoms with Gasteiger partial charge in [0.25, 0.3) is 0 Å². The molecular weight excluding hydrogens is 331 g/mol. The lowest BCUT2D eigenvalue weighted by Gasteiger charge is -2.10. The minimum absolute atomic E-state index is 0.255. The average Bonchev–Trinajstić information content (AvgIpc) is 3.09. The van der Waals surface area contributed by atoms with Crippen LogP contribution in [-0.2, 0) is 4.79 Å². The summed E-state index contributed by atoms with van der Waals surface area (Å²) in [6.45, 7) is -0.541. The Balaban J connectivity index is 1.99. The Kier molecular flexibility index (Phi) is 4.29. The van der Waals surface area contributed by atoms with E-state index in [-0.39, 0.29) is 10.8 Å². The van der Waals surface area contributed by atoms with Gasteiger partial charge in [-0.2, -0.15) is 0 Å². The molecule has 6 heteroatoms. The molecule has 112 valence electrons. The van der Waals surface area contributed by atoms with Crippen LogP contribution in [0, 0.1) is 0 Å². The van der Waals surface area contributed by atoms with Gasteiger partial charge in [-0.25, -0.2) is 0 Å². The van der Waals surface area contributed by atoms with Gasteiger partial charge in [-0.05, 0) is 36.3 Å². The Morgan fingerprint density at radius 1 is 1.29 bits per heavy atom. The first-order chi connectivity index (χ1) is 10.1. The van der Waals surface area contributed by atoms with Crippen molar-refractivity contribution in [2.24, 2.45) is 0 Å². The molecule has 0 atom stereocenters. The van der Waals surface area contributed by atoms with Crippen LogP contribution >= 0.6 is 34.5 Å². The molecule has 0 spiro atoms. The summed E-state index contributed by atoms with van der Waals surface area (Å²) < 4.78 is 6.08. The molecule has 3 nitrogen and oxygen atoms in total. The highest BCUT2D eigenvalue weighted by molar-refractivity contribution is 7.19. The number of carboxylic acid groups (broad SMARTS) is 1. The van der Waals surface area contributed by atoms with Gasteiger partial charge >= 0.3 is 0 Å². The Bertz CT molecular complexity index is 690. The third-order valence-corrected chi connectivity index (χ3v) is 6.07. The predicted molar refractivity (Wildman–Crippen MR) is 83.6 cm³/mol. The van der Waals surface area contributed by atoms with Gasteiger partial charge in [-0.1, -0.05) is 36.0 Å². The Morgan fingerprint density at radius 3 is 2.67 bits per heavy atom. The summed E-state index contributed by atoms with van der Waals surface area (Å²) in [6, 6.07) is 3.87. The molecule has 1 aromatic heterocycles.